The number of hydrogen-bond donors (Lipinski definition) is 1. The highest BCUT2D eigenvalue weighted by atomic mass is 19.1. The van der Waals surface area contributed by atoms with Gasteiger partial charge in [0.05, 0.1) is 5.52 Å². The van der Waals surface area contributed by atoms with Crippen LogP contribution in [0.25, 0.3) is 10.9 Å². The first-order chi connectivity index (χ1) is 11.3. The van der Waals surface area contributed by atoms with Gasteiger partial charge in [-0.05, 0) is 36.6 Å². The van der Waals surface area contributed by atoms with Crippen LogP contribution in [0.4, 0.5) is 10.2 Å². The van der Waals surface area contributed by atoms with Crippen molar-refractivity contribution in [2.45, 2.75) is 24.7 Å². The minimum Gasteiger partial charge on any atom is -0.369 e. The van der Waals surface area contributed by atoms with Crippen LogP contribution in [-0.4, -0.2) is 16.5 Å². The normalized spacial score (nSPS) is 16.0. The minimum absolute atomic E-state index is 0.159. The van der Waals surface area contributed by atoms with E-state index in [1.807, 2.05) is 6.07 Å². The summed E-state index contributed by atoms with van der Waals surface area (Å²) in [4.78, 5) is 8.52. The van der Waals surface area contributed by atoms with Crippen LogP contribution in [0.15, 0.2) is 54.9 Å². The Morgan fingerprint density at radius 2 is 1.87 bits per heavy atom. The summed E-state index contributed by atoms with van der Waals surface area (Å²) in [6.45, 7) is 0.805. The fraction of sp³-hybridized carbons (Fsp3) is 0.263. The Labute approximate surface area is 134 Å². The summed E-state index contributed by atoms with van der Waals surface area (Å²) in [6.07, 6.45) is 5.11. The third-order valence-electron chi connectivity index (χ3n) is 4.89. The summed E-state index contributed by atoms with van der Waals surface area (Å²) in [5.74, 6) is 0.438. The molecule has 0 radical (unpaired) electrons. The number of nitrogens with one attached hydrogen (secondary N) is 1. The lowest BCUT2D eigenvalue weighted by molar-refractivity contribution is 0.260. The number of rotatable bonds is 4. The molecule has 1 aliphatic rings. The molecule has 3 aromatic rings. The third kappa shape index (κ3) is 2.54. The van der Waals surface area contributed by atoms with Gasteiger partial charge in [-0.25, -0.2) is 14.4 Å². The van der Waals surface area contributed by atoms with E-state index in [2.05, 4.69) is 39.6 Å². The lowest BCUT2D eigenvalue weighted by Gasteiger charge is -2.42. The highest BCUT2D eigenvalue weighted by Gasteiger charge is 2.38. The summed E-state index contributed by atoms with van der Waals surface area (Å²) in [6, 6.07) is 15.2. The highest BCUT2D eigenvalue weighted by molar-refractivity contribution is 5.88. The molecular formula is C19H18FN3. The third-order valence-corrected chi connectivity index (χ3v) is 4.89. The second kappa shape index (κ2) is 5.61. The van der Waals surface area contributed by atoms with Gasteiger partial charge in [0.15, 0.2) is 0 Å². The lowest BCUT2D eigenvalue weighted by atomic mass is 9.64. The van der Waals surface area contributed by atoms with E-state index in [1.165, 1.54) is 43.3 Å². The van der Waals surface area contributed by atoms with Crippen molar-refractivity contribution in [3.05, 3.63) is 66.2 Å². The van der Waals surface area contributed by atoms with Crippen LogP contribution < -0.4 is 5.32 Å². The first-order valence-corrected chi connectivity index (χ1v) is 7.97. The van der Waals surface area contributed by atoms with E-state index in [4.69, 9.17) is 0 Å². The number of aromatic nitrogens is 2. The van der Waals surface area contributed by atoms with Crippen LogP contribution in [0.5, 0.6) is 0 Å². The van der Waals surface area contributed by atoms with Crippen LogP contribution in [0.1, 0.15) is 24.8 Å². The molecule has 0 spiro atoms. The monoisotopic (exact) mass is 307 g/mol. The van der Waals surface area contributed by atoms with Crippen LogP contribution in [0, 0.1) is 5.82 Å². The minimum atomic E-state index is -0.267. The maximum atomic E-state index is 13.5. The largest absolute Gasteiger partial charge is 0.369 e. The fourth-order valence-electron chi connectivity index (χ4n) is 3.39. The Kier molecular flexibility index (Phi) is 3.45. The molecule has 1 fully saturated rings. The zero-order valence-electron chi connectivity index (χ0n) is 12.8. The van der Waals surface area contributed by atoms with Gasteiger partial charge in [0.25, 0.3) is 0 Å². The molecule has 1 saturated carbocycles. The van der Waals surface area contributed by atoms with Gasteiger partial charge in [-0.15, -0.1) is 0 Å². The standard InChI is InChI=1S/C19H18FN3/c20-15-7-8-17-16(11-15)18(23-13-22-17)21-12-19(9-4-10-19)14-5-2-1-3-6-14/h1-3,5-8,11,13H,4,9-10,12H2,(H,21,22,23). The van der Waals surface area contributed by atoms with Crippen LogP contribution in [0.3, 0.4) is 0 Å². The van der Waals surface area contributed by atoms with Gasteiger partial charge >= 0.3 is 0 Å². The zero-order chi connectivity index (χ0) is 15.7. The lowest BCUT2D eigenvalue weighted by Crippen LogP contribution is -2.41. The van der Waals surface area contributed by atoms with Crippen molar-refractivity contribution >= 4 is 16.7 Å². The number of nitrogens with zero attached hydrogens (tertiary/aromatic N) is 2. The van der Waals surface area contributed by atoms with Gasteiger partial charge in [-0.2, -0.15) is 0 Å². The second-order valence-electron chi connectivity index (χ2n) is 6.24. The van der Waals surface area contributed by atoms with Crippen molar-refractivity contribution in [2.24, 2.45) is 0 Å². The van der Waals surface area contributed by atoms with Crippen LogP contribution >= 0.6 is 0 Å². The second-order valence-corrected chi connectivity index (χ2v) is 6.24. The predicted octanol–water partition coefficient (Wildman–Crippen LogP) is 4.30. The molecule has 1 aromatic heterocycles. The van der Waals surface area contributed by atoms with E-state index >= 15 is 0 Å². The molecule has 0 bridgehead atoms. The number of benzene rings is 2. The highest BCUT2D eigenvalue weighted by Crippen LogP contribution is 2.43. The smallest absolute Gasteiger partial charge is 0.137 e. The topological polar surface area (TPSA) is 37.8 Å². The molecule has 0 saturated heterocycles. The molecule has 1 heterocycles. The predicted molar refractivity (Wildman–Crippen MR) is 90.0 cm³/mol. The van der Waals surface area contributed by atoms with Crippen molar-refractivity contribution in [3.63, 3.8) is 0 Å². The van der Waals surface area contributed by atoms with E-state index in [9.17, 15) is 4.39 Å². The molecule has 2 aromatic carbocycles. The maximum Gasteiger partial charge on any atom is 0.137 e. The molecular weight excluding hydrogens is 289 g/mol. The molecule has 1 N–H and O–H groups in total. The molecule has 4 rings (SSSR count). The Morgan fingerprint density at radius 3 is 2.61 bits per heavy atom. The summed E-state index contributed by atoms with van der Waals surface area (Å²) >= 11 is 0. The number of anilines is 1. The zero-order valence-corrected chi connectivity index (χ0v) is 12.8. The quantitative estimate of drug-likeness (QED) is 0.781. The Hall–Kier alpha value is -2.49. The molecule has 116 valence electrons. The average Bonchev–Trinajstić information content (AvgIpc) is 2.55. The molecule has 0 atom stereocenters. The maximum absolute atomic E-state index is 13.5. The van der Waals surface area contributed by atoms with Crippen molar-refractivity contribution < 1.29 is 4.39 Å². The Bertz CT molecular complexity index is 828. The fourth-order valence-corrected chi connectivity index (χ4v) is 3.39. The first-order valence-electron chi connectivity index (χ1n) is 7.97. The summed E-state index contributed by atoms with van der Waals surface area (Å²) in [5, 5.41) is 4.17. The summed E-state index contributed by atoms with van der Waals surface area (Å²) in [7, 11) is 0. The number of halogens is 1. The SMILES string of the molecule is Fc1ccc2ncnc(NCC3(c4ccccc4)CCC3)c2c1. The number of hydrogen-bond acceptors (Lipinski definition) is 3. The van der Waals surface area contributed by atoms with E-state index < -0.39 is 0 Å². The molecule has 4 heteroatoms. The van der Waals surface area contributed by atoms with E-state index in [0.29, 0.717) is 5.82 Å². The van der Waals surface area contributed by atoms with Gasteiger partial charge in [0.1, 0.15) is 18.0 Å². The van der Waals surface area contributed by atoms with Crippen LogP contribution in [-0.2, 0) is 5.41 Å². The van der Waals surface area contributed by atoms with Crippen molar-refractivity contribution in [1.29, 1.82) is 0 Å². The van der Waals surface area contributed by atoms with Crippen molar-refractivity contribution in [1.82, 2.24) is 9.97 Å². The van der Waals surface area contributed by atoms with Gasteiger partial charge in [0, 0.05) is 17.3 Å². The van der Waals surface area contributed by atoms with E-state index in [0.717, 1.165) is 17.4 Å². The van der Waals surface area contributed by atoms with Crippen LogP contribution in [0.2, 0.25) is 0 Å². The van der Waals surface area contributed by atoms with Gasteiger partial charge < -0.3 is 5.32 Å². The molecule has 3 nitrogen and oxygen atoms in total. The summed E-state index contributed by atoms with van der Waals surface area (Å²) < 4.78 is 13.5. The van der Waals surface area contributed by atoms with Gasteiger partial charge in [-0.1, -0.05) is 36.8 Å². The van der Waals surface area contributed by atoms with E-state index in [-0.39, 0.29) is 11.2 Å². The molecule has 23 heavy (non-hydrogen) atoms. The molecule has 0 aliphatic heterocycles. The number of fused-ring (bicyclic) bond motifs is 1. The van der Waals surface area contributed by atoms with Gasteiger partial charge in [0.2, 0.25) is 0 Å². The molecule has 1 aliphatic carbocycles. The Balaban J connectivity index is 1.63. The molecule has 0 unspecified atom stereocenters. The van der Waals surface area contributed by atoms with Crippen molar-refractivity contribution in [3.8, 4) is 0 Å². The summed E-state index contributed by atoms with van der Waals surface area (Å²) in [5.41, 5.74) is 2.28. The van der Waals surface area contributed by atoms with Gasteiger partial charge in [-0.3, -0.25) is 0 Å². The van der Waals surface area contributed by atoms with Crippen molar-refractivity contribution in [2.75, 3.05) is 11.9 Å². The average molecular weight is 307 g/mol. The molecule has 0 amide bonds. The van der Waals surface area contributed by atoms with E-state index in [1.54, 1.807) is 6.07 Å². The Morgan fingerprint density at radius 1 is 1.04 bits per heavy atom. The first kappa shape index (κ1) is 14.1.